The molecule has 1 unspecified atom stereocenters. The van der Waals surface area contributed by atoms with E-state index in [0.717, 1.165) is 17.8 Å². The van der Waals surface area contributed by atoms with Crippen molar-refractivity contribution in [2.45, 2.75) is 52.0 Å². The van der Waals surface area contributed by atoms with Crippen LogP contribution in [0.3, 0.4) is 0 Å². The molecule has 0 radical (unpaired) electrons. The van der Waals surface area contributed by atoms with Crippen LogP contribution < -0.4 is 10.6 Å². The van der Waals surface area contributed by atoms with E-state index in [9.17, 15) is 9.59 Å². The fourth-order valence-electron chi connectivity index (χ4n) is 3.73. The number of aromatic nitrogens is 5. The fraction of sp³-hybridized carbons (Fsp3) is 0.579. The first-order valence-corrected chi connectivity index (χ1v) is 10.1. The Balaban J connectivity index is 1.38. The van der Waals surface area contributed by atoms with Gasteiger partial charge in [-0.1, -0.05) is 12.1 Å². The standard InChI is InChI=1S/C19H26N8O3/c1-3-5-20-18(29)23-8-14-16-10-30-19(12-27(16)25-24-14)4-6-26(11-19)17(28)15-9-21-13(2)7-22-15/h7,9H,3-6,8,10-12H2,1-2H3,(H2,20,23,29). The van der Waals surface area contributed by atoms with Crippen molar-refractivity contribution >= 4 is 11.9 Å². The average molecular weight is 414 g/mol. The normalized spacial score (nSPS) is 20.3. The van der Waals surface area contributed by atoms with Gasteiger partial charge < -0.3 is 20.3 Å². The van der Waals surface area contributed by atoms with Crippen LogP contribution in [0.2, 0.25) is 0 Å². The molecule has 2 aliphatic rings. The van der Waals surface area contributed by atoms with Crippen molar-refractivity contribution in [3.8, 4) is 0 Å². The van der Waals surface area contributed by atoms with Gasteiger partial charge in [0, 0.05) is 19.3 Å². The molecule has 2 N–H and O–H groups in total. The number of nitrogens with zero attached hydrogens (tertiary/aromatic N) is 6. The van der Waals surface area contributed by atoms with Crippen LogP contribution in [0.4, 0.5) is 4.79 Å². The number of fused-ring (bicyclic) bond motifs is 1. The van der Waals surface area contributed by atoms with E-state index in [1.807, 2.05) is 18.5 Å². The lowest BCUT2D eigenvalue weighted by Crippen LogP contribution is -2.45. The van der Waals surface area contributed by atoms with Crippen LogP contribution in [0.5, 0.6) is 0 Å². The quantitative estimate of drug-likeness (QED) is 0.725. The van der Waals surface area contributed by atoms with Gasteiger partial charge in [0.25, 0.3) is 5.91 Å². The molecule has 160 valence electrons. The lowest BCUT2D eigenvalue weighted by atomic mass is 10.0. The predicted molar refractivity (Wildman–Crippen MR) is 105 cm³/mol. The number of carbonyl (C=O) groups excluding carboxylic acids is 2. The highest BCUT2D eigenvalue weighted by molar-refractivity contribution is 5.92. The second-order valence-corrected chi connectivity index (χ2v) is 7.74. The van der Waals surface area contributed by atoms with Crippen molar-refractivity contribution in [2.24, 2.45) is 0 Å². The molecular formula is C19H26N8O3. The molecular weight excluding hydrogens is 388 g/mol. The first-order chi connectivity index (χ1) is 14.5. The third-order valence-corrected chi connectivity index (χ3v) is 5.43. The molecule has 4 heterocycles. The van der Waals surface area contributed by atoms with Crippen molar-refractivity contribution in [3.63, 3.8) is 0 Å². The number of ether oxygens (including phenoxy) is 1. The minimum atomic E-state index is -0.488. The largest absolute Gasteiger partial charge is 0.365 e. The molecule has 1 spiro atoms. The molecule has 0 aromatic carbocycles. The summed E-state index contributed by atoms with van der Waals surface area (Å²) in [4.78, 5) is 34.6. The summed E-state index contributed by atoms with van der Waals surface area (Å²) < 4.78 is 8.02. The Kier molecular flexibility index (Phi) is 5.62. The number of hydrogen-bond donors (Lipinski definition) is 2. The number of aryl methyl sites for hydroxylation is 1. The SMILES string of the molecule is CCCNC(=O)NCc1nnn2c1COC1(CCN(C(=O)c3cnc(C)cn3)C1)C2. The van der Waals surface area contributed by atoms with Crippen molar-refractivity contribution in [1.82, 2.24) is 40.5 Å². The van der Waals surface area contributed by atoms with Crippen molar-refractivity contribution in [3.05, 3.63) is 35.2 Å². The topological polar surface area (TPSA) is 127 Å². The molecule has 11 nitrogen and oxygen atoms in total. The number of urea groups is 1. The van der Waals surface area contributed by atoms with Crippen LogP contribution in [-0.4, -0.2) is 67.0 Å². The molecule has 1 saturated heterocycles. The van der Waals surface area contributed by atoms with Gasteiger partial charge in [-0.15, -0.1) is 5.10 Å². The number of hydrogen-bond acceptors (Lipinski definition) is 7. The number of carbonyl (C=O) groups is 2. The van der Waals surface area contributed by atoms with E-state index in [0.29, 0.717) is 50.6 Å². The molecule has 30 heavy (non-hydrogen) atoms. The number of amides is 3. The molecule has 0 aliphatic carbocycles. The van der Waals surface area contributed by atoms with Gasteiger partial charge in [0.15, 0.2) is 0 Å². The molecule has 2 aromatic heterocycles. The van der Waals surface area contributed by atoms with Crippen LogP contribution in [0.1, 0.15) is 47.3 Å². The summed E-state index contributed by atoms with van der Waals surface area (Å²) in [5, 5.41) is 14.0. The van der Waals surface area contributed by atoms with Gasteiger partial charge >= 0.3 is 6.03 Å². The zero-order chi connectivity index (χ0) is 21.1. The van der Waals surface area contributed by atoms with Crippen molar-refractivity contribution in [2.75, 3.05) is 19.6 Å². The smallest absolute Gasteiger partial charge is 0.315 e. The molecule has 2 aromatic rings. The van der Waals surface area contributed by atoms with E-state index in [1.54, 1.807) is 11.1 Å². The molecule has 0 bridgehead atoms. The lowest BCUT2D eigenvalue weighted by molar-refractivity contribution is -0.0828. The van der Waals surface area contributed by atoms with Crippen molar-refractivity contribution in [1.29, 1.82) is 0 Å². The summed E-state index contributed by atoms with van der Waals surface area (Å²) in [7, 11) is 0. The predicted octanol–water partition coefficient (Wildman–Crippen LogP) is 0.401. The van der Waals surface area contributed by atoms with Crippen LogP contribution in [-0.2, 0) is 24.4 Å². The summed E-state index contributed by atoms with van der Waals surface area (Å²) >= 11 is 0. The first kappa shape index (κ1) is 20.2. The highest BCUT2D eigenvalue weighted by Gasteiger charge is 2.45. The maximum Gasteiger partial charge on any atom is 0.315 e. The van der Waals surface area contributed by atoms with Crippen LogP contribution in [0, 0.1) is 6.92 Å². The highest BCUT2D eigenvalue weighted by Crippen LogP contribution is 2.33. The minimum absolute atomic E-state index is 0.143. The Bertz CT molecular complexity index is 928. The first-order valence-electron chi connectivity index (χ1n) is 10.1. The summed E-state index contributed by atoms with van der Waals surface area (Å²) in [6.45, 7) is 6.65. The number of likely N-dealkylation sites (tertiary alicyclic amines) is 1. The molecule has 1 fully saturated rings. The summed E-state index contributed by atoms with van der Waals surface area (Å²) in [6, 6.07) is -0.226. The van der Waals surface area contributed by atoms with Gasteiger partial charge in [0.05, 0.1) is 43.8 Å². The Labute approximate surface area is 174 Å². The Morgan fingerprint density at radius 1 is 1.23 bits per heavy atom. The zero-order valence-corrected chi connectivity index (χ0v) is 17.2. The number of nitrogens with one attached hydrogen (secondary N) is 2. The Hall–Kier alpha value is -3.08. The fourth-order valence-corrected chi connectivity index (χ4v) is 3.73. The zero-order valence-electron chi connectivity index (χ0n) is 17.2. The molecule has 0 saturated carbocycles. The summed E-state index contributed by atoms with van der Waals surface area (Å²) in [6.07, 6.45) is 4.69. The molecule has 4 rings (SSSR count). The lowest BCUT2D eigenvalue weighted by Gasteiger charge is -2.33. The van der Waals surface area contributed by atoms with E-state index in [2.05, 4.69) is 30.9 Å². The molecule has 1 atom stereocenters. The van der Waals surface area contributed by atoms with Gasteiger partial charge in [-0.2, -0.15) is 0 Å². The second-order valence-electron chi connectivity index (χ2n) is 7.74. The maximum atomic E-state index is 12.7. The number of rotatable bonds is 5. The highest BCUT2D eigenvalue weighted by atomic mass is 16.5. The Morgan fingerprint density at radius 2 is 2.10 bits per heavy atom. The summed E-state index contributed by atoms with van der Waals surface area (Å²) in [5.74, 6) is -0.143. The molecule has 11 heteroatoms. The van der Waals surface area contributed by atoms with Gasteiger partial charge in [-0.05, 0) is 19.8 Å². The second kappa shape index (κ2) is 8.34. The molecule has 3 amide bonds. The third-order valence-electron chi connectivity index (χ3n) is 5.43. The van der Waals surface area contributed by atoms with Crippen LogP contribution in [0.25, 0.3) is 0 Å². The van der Waals surface area contributed by atoms with Gasteiger partial charge in [0.1, 0.15) is 17.0 Å². The Morgan fingerprint density at radius 3 is 2.87 bits per heavy atom. The van der Waals surface area contributed by atoms with E-state index < -0.39 is 5.60 Å². The summed E-state index contributed by atoms with van der Waals surface area (Å²) in [5.41, 5.74) is 2.16. The third kappa shape index (κ3) is 4.11. The van der Waals surface area contributed by atoms with E-state index in [4.69, 9.17) is 4.74 Å². The monoisotopic (exact) mass is 414 g/mol. The van der Waals surface area contributed by atoms with E-state index >= 15 is 0 Å². The maximum absolute atomic E-state index is 12.7. The van der Waals surface area contributed by atoms with Crippen LogP contribution in [0.15, 0.2) is 12.4 Å². The van der Waals surface area contributed by atoms with E-state index in [1.165, 1.54) is 6.20 Å². The van der Waals surface area contributed by atoms with Crippen LogP contribution >= 0.6 is 0 Å². The van der Waals surface area contributed by atoms with Crippen molar-refractivity contribution < 1.29 is 14.3 Å². The minimum Gasteiger partial charge on any atom is -0.365 e. The molecule has 2 aliphatic heterocycles. The van der Waals surface area contributed by atoms with E-state index in [-0.39, 0.29) is 18.5 Å². The average Bonchev–Trinajstić information content (AvgIpc) is 3.35. The van der Waals surface area contributed by atoms with Gasteiger partial charge in [-0.25, -0.2) is 14.5 Å². The van der Waals surface area contributed by atoms with Gasteiger partial charge in [-0.3, -0.25) is 9.78 Å². The van der Waals surface area contributed by atoms with Gasteiger partial charge in [0.2, 0.25) is 0 Å².